The maximum Gasteiger partial charge on any atom is 0.0554 e. The number of nitrogens with one attached hydrogen (secondary N) is 1. The molecule has 0 spiro atoms. The van der Waals surface area contributed by atoms with Gasteiger partial charge in [-0.25, -0.2) is 0 Å². The summed E-state index contributed by atoms with van der Waals surface area (Å²) in [5.41, 5.74) is 0.418. The highest BCUT2D eigenvalue weighted by molar-refractivity contribution is 4.84. The van der Waals surface area contributed by atoms with Gasteiger partial charge in [-0.05, 0) is 25.7 Å². The smallest absolute Gasteiger partial charge is 0.0554 e. The highest BCUT2D eigenvalue weighted by Crippen LogP contribution is 2.29. The lowest BCUT2D eigenvalue weighted by molar-refractivity contribution is -0.0999. The Labute approximate surface area is 100 Å². The van der Waals surface area contributed by atoms with Crippen LogP contribution in [-0.4, -0.2) is 25.8 Å². The van der Waals surface area contributed by atoms with Crippen LogP contribution in [0.25, 0.3) is 0 Å². The van der Waals surface area contributed by atoms with Crippen LogP contribution in [0, 0.1) is 11.3 Å². The Kier molecular flexibility index (Phi) is 4.26. The van der Waals surface area contributed by atoms with Crippen molar-refractivity contribution in [1.82, 2.24) is 5.32 Å². The second-order valence-corrected chi connectivity index (χ2v) is 6.31. The minimum atomic E-state index is 0.418. The molecule has 0 aromatic heterocycles. The van der Waals surface area contributed by atoms with E-state index in [9.17, 15) is 0 Å². The quantitative estimate of drug-likeness (QED) is 0.750. The normalized spacial score (nSPS) is 26.6. The molecule has 2 rings (SSSR count). The summed E-state index contributed by atoms with van der Waals surface area (Å²) in [5.74, 6) is 1.03. The lowest BCUT2D eigenvalue weighted by Crippen LogP contribution is -2.49. The van der Waals surface area contributed by atoms with Crippen molar-refractivity contribution in [3.8, 4) is 0 Å². The van der Waals surface area contributed by atoms with Gasteiger partial charge in [0.1, 0.15) is 0 Å². The largest absolute Gasteiger partial charge is 0.380 e. The van der Waals surface area contributed by atoms with E-state index in [1.54, 1.807) is 0 Å². The third-order valence-electron chi connectivity index (χ3n) is 4.26. The molecule has 2 heteroatoms. The third kappa shape index (κ3) is 3.46. The Bertz CT molecular complexity index is 207. The van der Waals surface area contributed by atoms with Crippen molar-refractivity contribution in [2.45, 2.75) is 58.4 Å². The molecule has 0 aromatic rings. The number of hydrogen-bond acceptors (Lipinski definition) is 2. The van der Waals surface area contributed by atoms with Crippen LogP contribution in [0.15, 0.2) is 0 Å². The van der Waals surface area contributed by atoms with Gasteiger partial charge in [0.2, 0.25) is 0 Å². The molecule has 94 valence electrons. The second-order valence-electron chi connectivity index (χ2n) is 6.31. The van der Waals surface area contributed by atoms with Crippen molar-refractivity contribution in [3.05, 3.63) is 0 Å². The van der Waals surface area contributed by atoms with Gasteiger partial charge in [-0.3, -0.25) is 0 Å². The second kappa shape index (κ2) is 5.50. The van der Waals surface area contributed by atoms with Gasteiger partial charge in [0.15, 0.2) is 0 Å². The van der Waals surface area contributed by atoms with Gasteiger partial charge in [0.25, 0.3) is 0 Å². The molecule has 1 unspecified atom stereocenters. The van der Waals surface area contributed by atoms with Crippen LogP contribution in [0.3, 0.4) is 0 Å². The van der Waals surface area contributed by atoms with Crippen LogP contribution in [0.4, 0.5) is 0 Å². The lowest BCUT2D eigenvalue weighted by Gasteiger charge is -2.39. The van der Waals surface area contributed by atoms with E-state index >= 15 is 0 Å². The van der Waals surface area contributed by atoms with Gasteiger partial charge in [0, 0.05) is 18.0 Å². The van der Waals surface area contributed by atoms with Crippen molar-refractivity contribution in [2.75, 3.05) is 19.8 Å². The molecule has 16 heavy (non-hydrogen) atoms. The zero-order valence-corrected chi connectivity index (χ0v) is 10.9. The van der Waals surface area contributed by atoms with E-state index in [4.69, 9.17) is 4.74 Å². The summed E-state index contributed by atoms with van der Waals surface area (Å²) >= 11 is 0. The molecule has 2 nitrogen and oxygen atoms in total. The summed E-state index contributed by atoms with van der Waals surface area (Å²) < 4.78 is 5.27. The summed E-state index contributed by atoms with van der Waals surface area (Å²) in [6, 6.07) is 0.679. The van der Waals surface area contributed by atoms with E-state index in [-0.39, 0.29) is 0 Å². The fourth-order valence-electron chi connectivity index (χ4n) is 2.86. The Hall–Kier alpha value is -0.0800. The van der Waals surface area contributed by atoms with Gasteiger partial charge in [-0.2, -0.15) is 0 Å². The fraction of sp³-hybridized carbons (Fsp3) is 1.00. The average Bonchev–Trinajstić information content (AvgIpc) is 2.73. The highest BCUT2D eigenvalue weighted by atomic mass is 16.5. The van der Waals surface area contributed by atoms with E-state index in [0.29, 0.717) is 11.5 Å². The maximum atomic E-state index is 5.27. The van der Waals surface area contributed by atoms with Crippen LogP contribution in [0.1, 0.15) is 52.4 Å². The van der Waals surface area contributed by atoms with Crippen molar-refractivity contribution >= 4 is 0 Å². The van der Waals surface area contributed by atoms with Crippen LogP contribution >= 0.6 is 0 Å². The molecule has 1 aliphatic carbocycles. The van der Waals surface area contributed by atoms with Gasteiger partial charge in [-0.15, -0.1) is 0 Å². The number of hydrogen-bond donors (Lipinski definition) is 1. The van der Waals surface area contributed by atoms with Crippen LogP contribution in [-0.2, 0) is 4.74 Å². The van der Waals surface area contributed by atoms with E-state index in [0.717, 1.165) is 25.7 Å². The topological polar surface area (TPSA) is 21.3 Å². The molecule has 1 aliphatic heterocycles. The molecule has 0 bridgehead atoms. The zero-order chi connectivity index (χ0) is 11.4. The predicted octanol–water partition coefficient (Wildman–Crippen LogP) is 2.97. The molecule has 1 heterocycles. The minimum absolute atomic E-state index is 0.418. The van der Waals surface area contributed by atoms with Gasteiger partial charge in [0.05, 0.1) is 13.2 Å². The van der Waals surface area contributed by atoms with Gasteiger partial charge in [-0.1, -0.05) is 32.6 Å². The minimum Gasteiger partial charge on any atom is -0.380 e. The molecule has 1 atom stereocenters. The first-order chi connectivity index (χ1) is 7.68. The average molecular weight is 225 g/mol. The Morgan fingerprint density at radius 1 is 1.31 bits per heavy atom. The Morgan fingerprint density at radius 3 is 2.56 bits per heavy atom. The van der Waals surface area contributed by atoms with E-state index < -0.39 is 0 Å². The molecule has 0 radical (unpaired) electrons. The number of rotatable bonds is 6. The number of ether oxygens (including phenoxy) is 1. The molecule has 1 saturated heterocycles. The maximum absolute atomic E-state index is 5.27. The standard InChI is InChI=1S/C14H27NO/c1-12(7-8-13-5-3-4-6-13)15-9-14(2)10-16-11-14/h12-13,15H,3-11H2,1-2H3. The fourth-order valence-corrected chi connectivity index (χ4v) is 2.86. The van der Waals surface area contributed by atoms with E-state index in [2.05, 4.69) is 19.2 Å². The summed E-state index contributed by atoms with van der Waals surface area (Å²) in [4.78, 5) is 0. The highest BCUT2D eigenvalue weighted by Gasteiger charge is 2.33. The summed E-state index contributed by atoms with van der Waals surface area (Å²) in [6.45, 7) is 7.65. The van der Waals surface area contributed by atoms with E-state index in [1.807, 2.05) is 0 Å². The van der Waals surface area contributed by atoms with Gasteiger partial charge < -0.3 is 10.1 Å². The van der Waals surface area contributed by atoms with Crippen molar-refractivity contribution < 1.29 is 4.74 Å². The Balaban J connectivity index is 1.55. The molecular weight excluding hydrogens is 198 g/mol. The molecule has 0 amide bonds. The first kappa shape index (κ1) is 12.4. The molecule has 1 N–H and O–H groups in total. The first-order valence-corrected chi connectivity index (χ1v) is 6.99. The molecule has 1 saturated carbocycles. The molecule has 2 fully saturated rings. The summed E-state index contributed by atoms with van der Waals surface area (Å²) in [5, 5.41) is 3.67. The molecule has 2 aliphatic rings. The van der Waals surface area contributed by atoms with Crippen molar-refractivity contribution in [2.24, 2.45) is 11.3 Å². The molecular formula is C14H27NO. The van der Waals surface area contributed by atoms with Crippen LogP contribution in [0.5, 0.6) is 0 Å². The van der Waals surface area contributed by atoms with Gasteiger partial charge >= 0.3 is 0 Å². The SMILES string of the molecule is CC(CCC1CCCC1)NCC1(C)COC1. The summed E-state index contributed by atoms with van der Waals surface area (Å²) in [7, 11) is 0. The van der Waals surface area contributed by atoms with Crippen molar-refractivity contribution in [3.63, 3.8) is 0 Å². The lowest BCUT2D eigenvalue weighted by atomic mass is 9.88. The van der Waals surface area contributed by atoms with Crippen LogP contribution < -0.4 is 5.32 Å². The van der Waals surface area contributed by atoms with Crippen molar-refractivity contribution in [1.29, 1.82) is 0 Å². The van der Waals surface area contributed by atoms with E-state index in [1.165, 1.54) is 38.5 Å². The predicted molar refractivity (Wildman–Crippen MR) is 67.6 cm³/mol. The monoisotopic (exact) mass is 225 g/mol. The molecule has 0 aromatic carbocycles. The Morgan fingerprint density at radius 2 is 2.00 bits per heavy atom. The first-order valence-electron chi connectivity index (χ1n) is 6.99. The zero-order valence-electron chi connectivity index (χ0n) is 10.9. The third-order valence-corrected chi connectivity index (χ3v) is 4.26. The van der Waals surface area contributed by atoms with Crippen LogP contribution in [0.2, 0.25) is 0 Å². The summed E-state index contributed by atoms with van der Waals surface area (Å²) in [6.07, 6.45) is 8.70.